The fraction of sp³-hybridized carbons (Fsp3) is 0.294. The third kappa shape index (κ3) is 2.80. The summed E-state index contributed by atoms with van der Waals surface area (Å²) < 4.78 is 29.1. The molecule has 1 aliphatic rings. The number of fused-ring (bicyclic) bond motifs is 1. The van der Waals surface area contributed by atoms with E-state index in [2.05, 4.69) is 5.32 Å². The number of para-hydroxylation sites is 1. The van der Waals surface area contributed by atoms with Crippen molar-refractivity contribution in [1.29, 1.82) is 0 Å². The summed E-state index contributed by atoms with van der Waals surface area (Å²) >= 11 is 0. The van der Waals surface area contributed by atoms with Crippen molar-refractivity contribution in [2.24, 2.45) is 0 Å². The Morgan fingerprint density at radius 1 is 1.04 bits per heavy atom. The number of nitrogens with zero attached hydrogens (tertiary/aromatic N) is 2. The molecule has 2 aromatic rings. The van der Waals surface area contributed by atoms with E-state index in [1.54, 1.807) is 0 Å². The third-order valence-electron chi connectivity index (χ3n) is 3.91. The summed E-state index contributed by atoms with van der Waals surface area (Å²) in [7, 11) is -1.73. The monoisotopic (exact) mass is 331 g/mol. The molecular weight excluding hydrogens is 310 g/mol. The van der Waals surface area contributed by atoms with Gasteiger partial charge in [-0.25, -0.2) is 4.31 Å². The van der Waals surface area contributed by atoms with E-state index >= 15 is 0 Å². The first-order valence-electron chi connectivity index (χ1n) is 7.69. The molecule has 0 fully saturated rings. The van der Waals surface area contributed by atoms with Crippen molar-refractivity contribution in [1.82, 2.24) is 5.32 Å². The van der Waals surface area contributed by atoms with Crippen molar-refractivity contribution in [3.05, 3.63) is 54.1 Å². The smallest absolute Gasteiger partial charge is 0.320 e. The lowest BCUT2D eigenvalue weighted by molar-refractivity contribution is 0.591. The third-order valence-corrected chi connectivity index (χ3v) is 5.71. The lowest BCUT2D eigenvalue weighted by Gasteiger charge is -2.21. The van der Waals surface area contributed by atoms with Crippen LogP contribution in [0.25, 0.3) is 0 Å². The Morgan fingerprint density at radius 3 is 2.48 bits per heavy atom. The van der Waals surface area contributed by atoms with E-state index in [9.17, 15) is 8.42 Å². The summed E-state index contributed by atoms with van der Waals surface area (Å²) in [5, 5.41) is 3.06. The quantitative estimate of drug-likeness (QED) is 0.857. The van der Waals surface area contributed by atoms with Crippen LogP contribution >= 0.6 is 0 Å². The molecule has 1 heterocycles. The summed E-state index contributed by atoms with van der Waals surface area (Å²) in [6.07, 6.45) is 0.756. The highest BCUT2D eigenvalue weighted by molar-refractivity contribution is 7.95. The van der Waals surface area contributed by atoms with Crippen molar-refractivity contribution in [2.75, 3.05) is 28.7 Å². The van der Waals surface area contributed by atoms with E-state index in [0.717, 1.165) is 24.2 Å². The van der Waals surface area contributed by atoms with Gasteiger partial charge in [-0.2, -0.15) is 8.42 Å². The van der Waals surface area contributed by atoms with E-state index in [1.807, 2.05) is 62.5 Å². The number of nitrogens with one attached hydrogen (secondary N) is 1. The second-order valence-electron chi connectivity index (χ2n) is 5.63. The van der Waals surface area contributed by atoms with Gasteiger partial charge in [0.15, 0.2) is 0 Å². The molecule has 1 N–H and O–H groups in total. The normalized spacial score (nSPS) is 15.7. The van der Waals surface area contributed by atoms with Crippen LogP contribution in [-0.2, 0) is 10.2 Å². The maximum absolute atomic E-state index is 13.1. The molecular formula is C17H21N3O2S. The highest BCUT2D eigenvalue weighted by Gasteiger charge is 2.40. The van der Waals surface area contributed by atoms with Gasteiger partial charge in [0.05, 0.1) is 17.1 Å². The topological polar surface area (TPSA) is 52.6 Å². The summed E-state index contributed by atoms with van der Waals surface area (Å²) in [5.41, 5.74) is 3.18. The predicted octanol–water partition coefficient (Wildman–Crippen LogP) is 2.81. The van der Waals surface area contributed by atoms with Crippen LogP contribution in [0.1, 0.15) is 12.0 Å². The van der Waals surface area contributed by atoms with E-state index < -0.39 is 10.2 Å². The van der Waals surface area contributed by atoms with Crippen LogP contribution in [0.3, 0.4) is 0 Å². The fourth-order valence-corrected chi connectivity index (χ4v) is 4.57. The molecule has 0 spiro atoms. The first-order valence-corrected chi connectivity index (χ1v) is 9.08. The summed E-state index contributed by atoms with van der Waals surface area (Å²) in [6, 6.07) is 15.0. The number of benzene rings is 2. The lowest BCUT2D eigenvalue weighted by atomic mass is 10.1. The summed E-state index contributed by atoms with van der Waals surface area (Å²) in [4.78, 5) is 0. The molecule has 0 amide bonds. The van der Waals surface area contributed by atoms with Crippen molar-refractivity contribution in [2.45, 2.75) is 13.3 Å². The zero-order valence-electron chi connectivity index (χ0n) is 13.4. The molecule has 0 aliphatic carbocycles. The van der Waals surface area contributed by atoms with Crippen LogP contribution in [0, 0.1) is 6.92 Å². The summed E-state index contributed by atoms with van der Waals surface area (Å²) in [6.45, 7) is 3.21. The molecule has 0 unspecified atom stereocenters. The maximum atomic E-state index is 13.1. The second-order valence-corrected chi connectivity index (χ2v) is 7.33. The van der Waals surface area contributed by atoms with Gasteiger partial charge in [0.2, 0.25) is 0 Å². The number of hydrogen-bond acceptors (Lipinski definition) is 3. The Hall–Kier alpha value is -2.05. The van der Waals surface area contributed by atoms with Crippen molar-refractivity contribution in [3.8, 4) is 0 Å². The van der Waals surface area contributed by atoms with Crippen LogP contribution < -0.4 is 13.9 Å². The highest BCUT2D eigenvalue weighted by atomic mass is 32.2. The molecule has 0 bridgehead atoms. The Bertz CT molecular complexity index is 791. The molecule has 0 saturated heterocycles. The highest BCUT2D eigenvalue weighted by Crippen LogP contribution is 2.45. The van der Waals surface area contributed by atoms with E-state index in [4.69, 9.17) is 0 Å². The van der Waals surface area contributed by atoms with Gasteiger partial charge in [0.25, 0.3) is 0 Å². The lowest BCUT2D eigenvalue weighted by Crippen LogP contribution is -2.36. The molecule has 3 rings (SSSR count). The van der Waals surface area contributed by atoms with Crippen LogP contribution in [0.5, 0.6) is 0 Å². The largest absolute Gasteiger partial charge is 0.330 e. The molecule has 5 nitrogen and oxygen atoms in total. The molecule has 6 heteroatoms. The minimum absolute atomic E-state index is 0.461. The minimum Gasteiger partial charge on any atom is -0.320 e. The molecule has 0 radical (unpaired) electrons. The molecule has 23 heavy (non-hydrogen) atoms. The van der Waals surface area contributed by atoms with Gasteiger partial charge in [-0.3, -0.25) is 4.31 Å². The van der Waals surface area contributed by atoms with Crippen molar-refractivity contribution in [3.63, 3.8) is 0 Å². The average Bonchev–Trinajstić information content (AvgIpc) is 2.75. The molecule has 0 saturated carbocycles. The number of rotatable bonds is 5. The van der Waals surface area contributed by atoms with E-state index in [1.165, 1.54) is 8.61 Å². The van der Waals surface area contributed by atoms with Crippen molar-refractivity contribution >= 4 is 27.3 Å². The zero-order chi connectivity index (χ0) is 16.4. The molecule has 122 valence electrons. The molecule has 2 aromatic carbocycles. The van der Waals surface area contributed by atoms with Gasteiger partial charge in [-0.1, -0.05) is 24.3 Å². The Labute approximate surface area is 137 Å². The standard InChI is InChI=1S/C17H21N3O2S/c1-14-9-10-16-17(13-14)19(12-6-11-18-2)23(21,22)20(16)15-7-4-3-5-8-15/h3-5,7-10,13,18H,6,11-12H2,1-2H3. The number of anilines is 3. The van der Waals surface area contributed by atoms with Crippen LogP contribution in [-0.4, -0.2) is 28.6 Å². The van der Waals surface area contributed by atoms with Gasteiger partial charge in [0, 0.05) is 6.54 Å². The van der Waals surface area contributed by atoms with Crippen LogP contribution in [0.2, 0.25) is 0 Å². The Balaban J connectivity index is 2.09. The first kappa shape index (κ1) is 15.8. The predicted molar refractivity (Wildman–Crippen MR) is 94.6 cm³/mol. The molecule has 1 aliphatic heterocycles. The van der Waals surface area contributed by atoms with Gasteiger partial charge in [0.1, 0.15) is 0 Å². The average molecular weight is 331 g/mol. The van der Waals surface area contributed by atoms with Crippen LogP contribution in [0.15, 0.2) is 48.5 Å². The van der Waals surface area contributed by atoms with Gasteiger partial charge < -0.3 is 5.32 Å². The van der Waals surface area contributed by atoms with E-state index in [0.29, 0.717) is 17.9 Å². The van der Waals surface area contributed by atoms with Gasteiger partial charge >= 0.3 is 10.2 Å². The van der Waals surface area contributed by atoms with Crippen molar-refractivity contribution < 1.29 is 8.42 Å². The minimum atomic E-state index is -3.60. The van der Waals surface area contributed by atoms with Crippen LogP contribution in [0.4, 0.5) is 17.1 Å². The zero-order valence-corrected chi connectivity index (χ0v) is 14.2. The SMILES string of the molecule is CNCCCN1c2cc(C)ccc2N(c2ccccc2)S1(=O)=O. The molecule has 0 aromatic heterocycles. The Morgan fingerprint density at radius 2 is 1.78 bits per heavy atom. The van der Waals surface area contributed by atoms with Gasteiger partial charge in [-0.15, -0.1) is 0 Å². The second kappa shape index (κ2) is 6.22. The van der Waals surface area contributed by atoms with E-state index in [-0.39, 0.29) is 0 Å². The molecule has 0 atom stereocenters. The number of aryl methyl sites for hydroxylation is 1. The fourth-order valence-electron chi connectivity index (χ4n) is 2.82. The first-order chi connectivity index (χ1) is 11.1. The van der Waals surface area contributed by atoms with Gasteiger partial charge in [-0.05, 0) is 56.8 Å². The summed E-state index contributed by atoms with van der Waals surface area (Å²) in [5.74, 6) is 0. The maximum Gasteiger partial charge on any atom is 0.330 e. The Kier molecular flexibility index (Phi) is 4.28. The number of hydrogen-bond donors (Lipinski definition) is 1.